The molecule has 1 aromatic carbocycles. The van der Waals surface area contributed by atoms with Gasteiger partial charge in [-0.05, 0) is 31.9 Å². The summed E-state index contributed by atoms with van der Waals surface area (Å²) in [6, 6.07) is 12.4. The molecule has 0 fully saturated rings. The molecule has 0 bridgehead atoms. The Morgan fingerprint density at radius 2 is 1.96 bits per heavy atom. The lowest BCUT2D eigenvalue weighted by Crippen LogP contribution is -2.28. The van der Waals surface area contributed by atoms with E-state index in [1.54, 1.807) is 11.3 Å². The van der Waals surface area contributed by atoms with Gasteiger partial charge in [0.1, 0.15) is 0 Å². The number of carbonyl (C=O) groups is 1. The Morgan fingerprint density at radius 3 is 2.59 bits per heavy atom. The first-order chi connectivity index (χ1) is 13.0. The fourth-order valence-corrected chi connectivity index (χ4v) is 3.83. The topological polar surface area (TPSA) is 38.1 Å². The van der Waals surface area contributed by atoms with Crippen molar-refractivity contribution in [2.24, 2.45) is 0 Å². The highest BCUT2D eigenvalue weighted by atomic mass is 32.1. The van der Waals surface area contributed by atoms with Gasteiger partial charge in [-0.25, -0.2) is 4.98 Å². The zero-order valence-corrected chi connectivity index (χ0v) is 17.3. The number of carbonyl (C=O) groups excluding carboxylic acids is 1. The first-order valence-corrected chi connectivity index (χ1v) is 10.3. The molecule has 0 aliphatic carbocycles. The minimum atomic E-state index is 0.0842. The Hall–Kier alpha value is -2.40. The molecule has 3 rings (SSSR count). The van der Waals surface area contributed by atoms with Crippen LogP contribution in [0.2, 0.25) is 0 Å². The molecule has 0 saturated carbocycles. The summed E-state index contributed by atoms with van der Waals surface area (Å²) in [5.41, 5.74) is 4.92. The van der Waals surface area contributed by atoms with Gasteiger partial charge in [-0.3, -0.25) is 4.79 Å². The van der Waals surface area contributed by atoms with E-state index in [0.29, 0.717) is 0 Å². The van der Waals surface area contributed by atoms with Crippen molar-refractivity contribution in [3.05, 3.63) is 63.6 Å². The number of benzene rings is 1. The van der Waals surface area contributed by atoms with Crippen LogP contribution in [0.25, 0.3) is 11.4 Å². The van der Waals surface area contributed by atoms with Gasteiger partial charge in [0.15, 0.2) is 0 Å². The molecule has 2 heterocycles. The minimum absolute atomic E-state index is 0.0842. The lowest BCUT2D eigenvalue weighted by molar-refractivity contribution is 0.0792. The Labute approximate surface area is 165 Å². The normalized spacial score (nSPS) is 11.0. The van der Waals surface area contributed by atoms with Crippen molar-refractivity contribution >= 4 is 17.2 Å². The Balaban J connectivity index is 2.02. The first-order valence-electron chi connectivity index (χ1n) is 9.43. The van der Waals surface area contributed by atoms with E-state index in [2.05, 4.69) is 34.0 Å². The number of hydrogen-bond donors (Lipinski definition) is 0. The van der Waals surface area contributed by atoms with E-state index in [9.17, 15) is 4.79 Å². The second-order valence-electron chi connectivity index (χ2n) is 6.93. The van der Waals surface area contributed by atoms with Crippen LogP contribution < -0.4 is 0 Å². The SMILES string of the molecule is CCCCN(C)C(=O)c1cc(-c2csc(C)n2)n(Cc2ccccc2)c1C. The molecule has 0 aliphatic heterocycles. The van der Waals surface area contributed by atoms with Crippen LogP contribution in [0.1, 0.15) is 46.4 Å². The zero-order chi connectivity index (χ0) is 19.4. The predicted octanol–water partition coefficient (Wildman–Crippen LogP) is 5.15. The van der Waals surface area contributed by atoms with Gasteiger partial charge >= 0.3 is 0 Å². The van der Waals surface area contributed by atoms with Crippen molar-refractivity contribution in [3.8, 4) is 11.4 Å². The van der Waals surface area contributed by atoms with Crippen molar-refractivity contribution in [2.75, 3.05) is 13.6 Å². The number of unbranched alkanes of at least 4 members (excludes halogenated alkanes) is 1. The maximum absolute atomic E-state index is 13.0. The molecule has 2 aromatic heterocycles. The summed E-state index contributed by atoms with van der Waals surface area (Å²) in [5.74, 6) is 0.0842. The van der Waals surface area contributed by atoms with E-state index in [1.807, 2.05) is 50.1 Å². The molecule has 142 valence electrons. The molecule has 0 radical (unpaired) electrons. The maximum atomic E-state index is 13.0. The molecule has 4 nitrogen and oxygen atoms in total. The summed E-state index contributed by atoms with van der Waals surface area (Å²) in [4.78, 5) is 19.5. The van der Waals surface area contributed by atoms with Crippen LogP contribution in [0.3, 0.4) is 0 Å². The molecule has 0 unspecified atom stereocenters. The van der Waals surface area contributed by atoms with Gasteiger partial charge in [0.2, 0.25) is 0 Å². The Kier molecular flexibility index (Phi) is 6.11. The first kappa shape index (κ1) is 19.4. The van der Waals surface area contributed by atoms with Crippen LogP contribution in [0, 0.1) is 13.8 Å². The number of thiazole rings is 1. The highest BCUT2D eigenvalue weighted by molar-refractivity contribution is 7.09. The number of aromatic nitrogens is 2. The summed E-state index contributed by atoms with van der Waals surface area (Å²) >= 11 is 1.64. The van der Waals surface area contributed by atoms with Gasteiger partial charge in [0, 0.05) is 31.2 Å². The third-order valence-corrected chi connectivity index (χ3v) is 5.63. The van der Waals surface area contributed by atoms with Crippen LogP contribution in [-0.4, -0.2) is 34.0 Å². The van der Waals surface area contributed by atoms with Gasteiger partial charge < -0.3 is 9.47 Å². The second-order valence-corrected chi connectivity index (χ2v) is 7.99. The molecule has 5 heteroatoms. The van der Waals surface area contributed by atoms with Crippen molar-refractivity contribution in [1.29, 1.82) is 0 Å². The van der Waals surface area contributed by atoms with Gasteiger partial charge in [0.05, 0.1) is 22.0 Å². The van der Waals surface area contributed by atoms with Crippen LogP contribution in [0.4, 0.5) is 0 Å². The monoisotopic (exact) mass is 381 g/mol. The van der Waals surface area contributed by atoms with E-state index < -0.39 is 0 Å². The third kappa shape index (κ3) is 4.30. The van der Waals surface area contributed by atoms with Gasteiger partial charge in [-0.1, -0.05) is 43.7 Å². The molecule has 0 atom stereocenters. The average molecular weight is 382 g/mol. The van der Waals surface area contributed by atoms with Crippen molar-refractivity contribution < 1.29 is 4.79 Å². The van der Waals surface area contributed by atoms with Crippen LogP contribution in [-0.2, 0) is 6.54 Å². The average Bonchev–Trinajstić information content (AvgIpc) is 3.24. The zero-order valence-electron chi connectivity index (χ0n) is 16.5. The van der Waals surface area contributed by atoms with Gasteiger partial charge in [-0.15, -0.1) is 11.3 Å². The fraction of sp³-hybridized carbons (Fsp3) is 0.364. The lowest BCUT2D eigenvalue weighted by Gasteiger charge is -2.17. The third-order valence-electron chi connectivity index (χ3n) is 4.86. The van der Waals surface area contributed by atoms with Crippen LogP contribution in [0.15, 0.2) is 41.8 Å². The van der Waals surface area contributed by atoms with Crippen molar-refractivity contribution in [3.63, 3.8) is 0 Å². The number of rotatable bonds is 7. The van der Waals surface area contributed by atoms with E-state index in [1.165, 1.54) is 5.56 Å². The standard InChI is InChI=1S/C22H27N3OS/c1-5-6-12-24(4)22(26)19-13-21(20-15-27-17(3)23-20)25(16(19)2)14-18-10-8-7-9-11-18/h7-11,13,15H,5-6,12,14H2,1-4H3. The highest BCUT2D eigenvalue weighted by Gasteiger charge is 2.22. The summed E-state index contributed by atoms with van der Waals surface area (Å²) in [6.45, 7) is 7.69. The van der Waals surface area contributed by atoms with Crippen molar-refractivity contribution in [2.45, 2.75) is 40.2 Å². The van der Waals surface area contributed by atoms with Gasteiger partial charge in [0.25, 0.3) is 5.91 Å². The molecule has 0 aliphatic rings. The van der Waals surface area contributed by atoms with Crippen molar-refractivity contribution in [1.82, 2.24) is 14.5 Å². The van der Waals surface area contributed by atoms with E-state index in [4.69, 9.17) is 0 Å². The Bertz CT molecular complexity index is 911. The molecular weight excluding hydrogens is 354 g/mol. The number of aryl methyl sites for hydroxylation is 1. The predicted molar refractivity (Wildman–Crippen MR) is 112 cm³/mol. The van der Waals surface area contributed by atoms with Crippen LogP contribution in [0.5, 0.6) is 0 Å². The van der Waals surface area contributed by atoms with Gasteiger partial charge in [-0.2, -0.15) is 0 Å². The number of nitrogens with zero attached hydrogens (tertiary/aromatic N) is 3. The molecule has 3 aromatic rings. The van der Waals surface area contributed by atoms with Crippen LogP contribution >= 0.6 is 11.3 Å². The number of amides is 1. The maximum Gasteiger partial charge on any atom is 0.255 e. The lowest BCUT2D eigenvalue weighted by atomic mass is 10.2. The van der Waals surface area contributed by atoms with E-state index in [0.717, 1.165) is 53.6 Å². The van der Waals surface area contributed by atoms with E-state index >= 15 is 0 Å². The molecule has 0 N–H and O–H groups in total. The summed E-state index contributed by atoms with van der Waals surface area (Å²) in [7, 11) is 1.89. The molecule has 0 spiro atoms. The summed E-state index contributed by atoms with van der Waals surface area (Å²) in [5, 5.41) is 3.10. The Morgan fingerprint density at radius 1 is 1.22 bits per heavy atom. The molecular formula is C22H27N3OS. The van der Waals surface area contributed by atoms with E-state index in [-0.39, 0.29) is 5.91 Å². The summed E-state index contributed by atoms with van der Waals surface area (Å²) < 4.78 is 2.21. The molecule has 27 heavy (non-hydrogen) atoms. The largest absolute Gasteiger partial charge is 0.342 e. The minimum Gasteiger partial charge on any atom is -0.342 e. The smallest absolute Gasteiger partial charge is 0.255 e. The molecule has 1 amide bonds. The second kappa shape index (κ2) is 8.53. The molecule has 0 saturated heterocycles. The number of hydrogen-bond acceptors (Lipinski definition) is 3. The summed E-state index contributed by atoms with van der Waals surface area (Å²) in [6.07, 6.45) is 2.10. The quantitative estimate of drug-likeness (QED) is 0.568. The highest BCUT2D eigenvalue weighted by Crippen LogP contribution is 2.28. The fourth-order valence-electron chi connectivity index (χ4n) is 3.23.